The monoisotopic (exact) mass is 393 g/mol. The van der Waals surface area contributed by atoms with E-state index in [0.717, 1.165) is 0 Å². The number of ether oxygens (including phenoxy) is 2. The molecule has 1 aromatic carbocycles. The Balaban J connectivity index is 2.25. The zero-order chi connectivity index (χ0) is 21.3. The minimum Gasteiger partial charge on any atom is -0.489 e. The Kier molecular flexibility index (Phi) is 5.32. The summed E-state index contributed by atoms with van der Waals surface area (Å²) in [6, 6.07) is 6.56. The third-order valence-corrected chi connectivity index (χ3v) is 4.77. The number of ketones is 2. The normalized spacial score (nSPS) is 14.3. The molecule has 0 spiro atoms. The summed E-state index contributed by atoms with van der Waals surface area (Å²) in [5.74, 6) is -2.54. The highest BCUT2D eigenvalue weighted by Gasteiger charge is 2.36. The van der Waals surface area contributed by atoms with Crippen LogP contribution in [-0.4, -0.2) is 41.8 Å². The molecule has 29 heavy (non-hydrogen) atoms. The molecule has 148 valence electrons. The third kappa shape index (κ3) is 3.31. The maximum absolute atomic E-state index is 13.0. The number of benzene rings is 1. The Morgan fingerprint density at radius 2 is 1.66 bits per heavy atom. The number of hydrogen-bond acceptors (Lipinski definition) is 6. The van der Waals surface area contributed by atoms with Gasteiger partial charge < -0.3 is 14.6 Å². The van der Waals surface area contributed by atoms with Crippen LogP contribution in [0.5, 0.6) is 0 Å². The van der Waals surface area contributed by atoms with Gasteiger partial charge in [-0.1, -0.05) is 12.1 Å². The van der Waals surface area contributed by atoms with E-state index in [-0.39, 0.29) is 28.2 Å². The number of aryl methyl sites for hydroxylation is 1. The minimum absolute atomic E-state index is 0.00836. The summed E-state index contributed by atoms with van der Waals surface area (Å²) in [4.78, 5) is 41.7. The van der Waals surface area contributed by atoms with Crippen molar-refractivity contribution in [1.29, 1.82) is 0 Å². The number of nitrogens with zero attached hydrogens (tertiary/aromatic N) is 1. The molecule has 1 heterocycles. The third-order valence-electron chi connectivity index (χ3n) is 4.77. The SMILES string of the molecule is COC1=C(OC)C(=O)C(c2cc(C)c(-c3cccnc3)c(C(=O)O)c2)=C(C)C1=O. The Hall–Kier alpha value is -3.74. The quantitative estimate of drug-likeness (QED) is 0.778. The van der Waals surface area contributed by atoms with Crippen molar-refractivity contribution in [2.75, 3.05) is 14.2 Å². The summed E-state index contributed by atoms with van der Waals surface area (Å²) in [6.07, 6.45) is 3.17. The maximum Gasteiger partial charge on any atom is 0.336 e. The van der Waals surface area contributed by atoms with Crippen LogP contribution in [0.1, 0.15) is 28.4 Å². The van der Waals surface area contributed by atoms with Crippen molar-refractivity contribution >= 4 is 23.1 Å². The molecule has 0 fully saturated rings. The lowest BCUT2D eigenvalue weighted by molar-refractivity contribution is -0.119. The van der Waals surface area contributed by atoms with Crippen molar-refractivity contribution in [3.8, 4) is 11.1 Å². The molecule has 1 aliphatic rings. The molecule has 0 bridgehead atoms. The summed E-state index contributed by atoms with van der Waals surface area (Å²) in [7, 11) is 2.56. The number of carboxylic acids is 1. The number of carbonyl (C=O) groups excluding carboxylic acids is 2. The molecule has 1 aliphatic carbocycles. The summed E-state index contributed by atoms with van der Waals surface area (Å²) in [5, 5.41) is 9.79. The highest BCUT2D eigenvalue weighted by molar-refractivity contribution is 6.38. The average molecular weight is 393 g/mol. The fraction of sp³-hybridized carbons (Fsp3) is 0.182. The zero-order valence-electron chi connectivity index (χ0n) is 16.4. The second-order valence-electron chi connectivity index (χ2n) is 6.49. The van der Waals surface area contributed by atoms with E-state index in [9.17, 15) is 19.5 Å². The highest BCUT2D eigenvalue weighted by Crippen LogP contribution is 2.36. The summed E-state index contributed by atoms with van der Waals surface area (Å²) < 4.78 is 10.1. The Morgan fingerprint density at radius 1 is 1.00 bits per heavy atom. The van der Waals surface area contributed by atoms with Crippen LogP contribution in [-0.2, 0) is 19.1 Å². The van der Waals surface area contributed by atoms with Crippen LogP contribution < -0.4 is 0 Å². The van der Waals surface area contributed by atoms with Crippen molar-refractivity contribution < 1.29 is 29.0 Å². The molecule has 7 nitrogen and oxygen atoms in total. The highest BCUT2D eigenvalue weighted by atomic mass is 16.5. The van der Waals surface area contributed by atoms with E-state index in [0.29, 0.717) is 22.3 Å². The molecule has 0 unspecified atom stereocenters. The maximum atomic E-state index is 13.0. The second-order valence-corrected chi connectivity index (χ2v) is 6.49. The number of methoxy groups -OCH3 is 2. The average Bonchev–Trinajstić information content (AvgIpc) is 2.70. The molecule has 7 heteroatoms. The summed E-state index contributed by atoms with van der Waals surface area (Å²) in [6.45, 7) is 3.25. The molecule has 0 saturated carbocycles. The molecule has 0 amide bonds. The first kappa shape index (κ1) is 20.0. The van der Waals surface area contributed by atoms with Crippen molar-refractivity contribution in [3.63, 3.8) is 0 Å². The van der Waals surface area contributed by atoms with Gasteiger partial charge >= 0.3 is 5.97 Å². The van der Waals surface area contributed by atoms with Crippen molar-refractivity contribution in [3.05, 3.63) is 70.4 Å². The first-order chi connectivity index (χ1) is 13.8. The van der Waals surface area contributed by atoms with Gasteiger partial charge in [-0.25, -0.2) is 4.79 Å². The van der Waals surface area contributed by atoms with Gasteiger partial charge in [-0.2, -0.15) is 0 Å². The van der Waals surface area contributed by atoms with Crippen molar-refractivity contribution in [2.45, 2.75) is 13.8 Å². The predicted molar refractivity (Wildman–Crippen MR) is 105 cm³/mol. The van der Waals surface area contributed by atoms with E-state index < -0.39 is 17.5 Å². The molecule has 1 aromatic heterocycles. The topological polar surface area (TPSA) is 103 Å². The van der Waals surface area contributed by atoms with Gasteiger partial charge in [-0.3, -0.25) is 14.6 Å². The number of aromatic nitrogens is 1. The molecule has 0 saturated heterocycles. The van der Waals surface area contributed by atoms with E-state index in [1.165, 1.54) is 27.2 Å². The lowest BCUT2D eigenvalue weighted by atomic mass is 9.85. The van der Waals surface area contributed by atoms with Crippen LogP contribution in [0.2, 0.25) is 0 Å². The number of aromatic carboxylic acids is 1. The fourth-order valence-corrected chi connectivity index (χ4v) is 3.49. The van der Waals surface area contributed by atoms with Gasteiger partial charge in [-0.05, 0) is 37.1 Å². The number of carboxylic acid groups (broad SMARTS) is 1. The standard InChI is InChI=1S/C22H19NO6/c1-11-8-14(9-15(22(26)27)16(11)13-6-5-7-23-10-13)17-12(2)18(24)20(28-3)21(29-4)19(17)25/h5-10H,1-4H3,(H,26,27). The molecule has 0 atom stereocenters. The van der Waals surface area contributed by atoms with Crippen LogP contribution in [0, 0.1) is 6.92 Å². The first-order valence-corrected chi connectivity index (χ1v) is 8.73. The minimum atomic E-state index is -1.15. The van der Waals surface area contributed by atoms with E-state index >= 15 is 0 Å². The molecule has 0 radical (unpaired) electrons. The number of rotatable bonds is 5. The van der Waals surface area contributed by atoms with Crippen LogP contribution in [0.15, 0.2) is 53.8 Å². The van der Waals surface area contributed by atoms with Gasteiger partial charge in [0.2, 0.25) is 23.1 Å². The van der Waals surface area contributed by atoms with Gasteiger partial charge in [-0.15, -0.1) is 0 Å². The number of allylic oxidation sites excluding steroid dienone is 2. The molecule has 2 aromatic rings. The Morgan fingerprint density at radius 3 is 2.21 bits per heavy atom. The summed E-state index contributed by atoms with van der Waals surface area (Å²) in [5.41, 5.74) is 2.37. The van der Waals surface area contributed by atoms with Crippen LogP contribution in [0.25, 0.3) is 16.7 Å². The van der Waals surface area contributed by atoms with E-state index in [4.69, 9.17) is 9.47 Å². The molecular weight excluding hydrogens is 374 g/mol. The van der Waals surface area contributed by atoms with E-state index in [1.54, 1.807) is 37.5 Å². The van der Waals surface area contributed by atoms with Gasteiger partial charge in [0.05, 0.1) is 19.8 Å². The second kappa shape index (κ2) is 7.71. The van der Waals surface area contributed by atoms with E-state index in [2.05, 4.69) is 4.98 Å². The van der Waals surface area contributed by atoms with Crippen molar-refractivity contribution in [1.82, 2.24) is 4.98 Å². The Labute approximate surface area is 167 Å². The van der Waals surface area contributed by atoms with Crippen LogP contribution >= 0.6 is 0 Å². The number of hydrogen-bond donors (Lipinski definition) is 1. The Bertz CT molecular complexity index is 1100. The predicted octanol–water partition coefficient (Wildman–Crippen LogP) is 3.18. The van der Waals surface area contributed by atoms with Crippen molar-refractivity contribution in [2.24, 2.45) is 0 Å². The fourth-order valence-electron chi connectivity index (χ4n) is 3.49. The number of Topliss-reactive ketones (excluding diaryl/α,β-unsaturated/α-hetero) is 2. The smallest absolute Gasteiger partial charge is 0.336 e. The molecule has 3 rings (SSSR count). The van der Waals surface area contributed by atoms with Gasteiger partial charge in [0.15, 0.2) is 0 Å². The molecular formula is C22H19NO6. The molecule has 0 aliphatic heterocycles. The number of carbonyl (C=O) groups is 3. The van der Waals surface area contributed by atoms with Crippen LogP contribution in [0.3, 0.4) is 0 Å². The summed E-state index contributed by atoms with van der Waals surface area (Å²) >= 11 is 0. The van der Waals surface area contributed by atoms with Crippen LogP contribution in [0.4, 0.5) is 0 Å². The lowest BCUT2D eigenvalue weighted by Gasteiger charge is -2.21. The van der Waals surface area contributed by atoms with E-state index in [1.807, 2.05) is 0 Å². The van der Waals surface area contributed by atoms with Gasteiger partial charge in [0.1, 0.15) is 0 Å². The molecule has 1 N–H and O–H groups in total. The van der Waals surface area contributed by atoms with Gasteiger partial charge in [0, 0.05) is 34.7 Å². The largest absolute Gasteiger partial charge is 0.489 e. The van der Waals surface area contributed by atoms with Gasteiger partial charge in [0.25, 0.3) is 0 Å². The number of pyridine rings is 1. The zero-order valence-corrected chi connectivity index (χ0v) is 16.4. The first-order valence-electron chi connectivity index (χ1n) is 8.73. The lowest BCUT2D eigenvalue weighted by Crippen LogP contribution is -2.24.